The summed E-state index contributed by atoms with van der Waals surface area (Å²) in [5.74, 6) is -3.48. The molecule has 1 aromatic carbocycles. The first-order valence-corrected chi connectivity index (χ1v) is 8.12. The molecule has 1 N–H and O–H groups in total. The van der Waals surface area contributed by atoms with Crippen molar-refractivity contribution >= 4 is 11.9 Å². The quantitative estimate of drug-likeness (QED) is 0.844. The van der Waals surface area contributed by atoms with E-state index in [2.05, 4.69) is 5.32 Å². The average molecular weight is 355 g/mol. The lowest BCUT2D eigenvalue weighted by Crippen LogP contribution is -2.41. The average Bonchev–Trinajstić information content (AvgIpc) is 2.47. The van der Waals surface area contributed by atoms with Crippen LogP contribution in [0, 0.1) is 17.6 Å². The predicted molar refractivity (Wildman–Crippen MR) is 87.2 cm³/mol. The number of rotatable bonds is 4. The highest BCUT2D eigenvalue weighted by Gasteiger charge is 2.36. The highest BCUT2D eigenvalue weighted by molar-refractivity contribution is 5.79. The van der Waals surface area contributed by atoms with Gasteiger partial charge in [0.25, 0.3) is 0 Å². The van der Waals surface area contributed by atoms with Gasteiger partial charge in [-0.15, -0.1) is 0 Å². The van der Waals surface area contributed by atoms with Crippen molar-refractivity contribution in [3.05, 3.63) is 29.3 Å². The molecule has 2 rings (SSSR count). The molecule has 1 aliphatic heterocycles. The van der Waals surface area contributed by atoms with Crippen molar-refractivity contribution in [3.63, 3.8) is 0 Å². The number of nitrogens with one attached hydrogen (secondary N) is 1. The van der Waals surface area contributed by atoms with Crippen molar-refractivity contribution in [3.8, 4) is 5.75 Å². The number of methoxy groups -OCH3 is 1. The molecule has 0 aliphatic carbocycles. The molecule has 5 nitrogen and oxygen atoms in total. The number of hydrogen-bond donors (Lipinski definition) is 1. The molecule has 0 saturated carbocycles. The van der Waals surface area contributed by atoms with Gasteiger partial charge in [0, 0.05) is 36.6 Å². The number of esters is 1. The zero-order valence-corrected chi connectivity index (χ0v) is 14.8. The molecule has 1 fully saturated rings. The molecule has 1 amide bonds. The number of carbonyl (C=O) groups excluding carboxylic acids is 2. The summed E-state index contributed by atoms with van der Waals surface area (Å²) in [7, 11) is 1.31. The normalized spacial score (nSPS) is 20.8. The van der Waals surface area contributed by atoms with Crippen LogP contribution < -0.4 is 10.1 Å². The van der Waals surface area contributed by atoms with Crippen molar-refractivity contribution in [1.82, 2.24) is 5.32 Å². The molecule has 0 aromatic heterocycles. The van der Waals surface area contributed by atoms with Crippen LogP contribution in [0.1, 0.15) is 45.1 Å². The fourth-order valence-corrected chi connectivity index (χ4v) is 3.01. The van der Waals surface area contributed by atoms with E-state index in [1.54, 1.807) is 20.8 Å². The lowest BCUT2D eigenvalue weighted by molar-refractivity contribution is -0.156. The molecule has 2 atom stereocenters. The number of amides is 1. The van der Waals surface area contributed by atoms with E-state index in [1.807, 2.05) is 0 Å². The van der Waals surface area contributed by atoms with E-state index in [-0.39, 0.29) is 36.6 Å². The van der Waals surface area contributed by atoms with E-state index in [0.717, 1.165) is 12.1 Å². The highest BCUT2D eigenvalue weighted by Crippen LogP contribution is 2.37. The second kappa shape index (κ2) is 7.37. The van der Waals surface area contributed by atoms with Crippen molar-refractivity contribution in [2.24, 2.45) is 5.92 Å². The molecule has 0 bridgehead atoms. The van der Waals surface area contributed by atoms with Crippen molar-refractivity contribution in [1.29, 1.82) is 0 Å². The number of benzene rings is 1. The van der Waals surface area contributed by atoms with Crippen LogP contribution >= 0.6 is 0 Å². The predicted octanol–water partition coefficient (Wildman–Crippen LogP) is 2.92. The molecule has 0 radical (unpaired) electrons. The smallest absolute Gasteiger partial charge is 0.306 e. The standard InChI is InChI=1S/C18H23F2NO4/c1-18(2,3)25-16(23)5-10-9-21-15(22)8-12(10)17-13(19)6-11(24-4)7-14(17)20/h6-7,10,12H,5,8-9H2,1-4H3,(H,21,22)/t10-,12?/m1/s1. The molecular formula is C18H23F2NO4. The minimum Gasteiger partial charge on any atom is -0.497 e. The SMILES string of the molecule is COc1cc(F)c(C2CC(=O)NC[C@H]2CC(=O)OC(C)(C)C)c(F)c1. The third kappa shape index (κ3) is 4.90. The molecule has 7 heteroatoms. The lowest BCUT2D eigenvalue weighted by atomic mass is 9.78. The molecule has 1 aromatic rings. The maximum atomic E-state index is 14.4. The number of ether oxygens (including phenoxy) is 2. The number of halogens is 2. The van der Waals surface area contributed by atoms with Gasteiger partial charge in [0.1, 0.15) is 23.0 Å². The van der Waals surface area contributed by atoms with Gasteiger partial charge in [0.15, 0.2) is 0 Å². The fraction of sp³-hybridized carbons (Fsp3) is 0.556. The maximum absolute atomic E-state index is 14.4. The van der Waals surface area contributed by atoms with E-state index >= 15 is 0 Å². The van der Waals surface area contributed by atoms with Gasteiger partial charge in [0.2, 0.25) is 5.91 Å². The Balaban J connectivity index is 2.28. The highest BCUT2D eigenvalue weighted by atomic mass is 19.1. The summed E-state index contributed by atoms with van der Waals surface area (Å²) in [5.41, 5.74) is -0.842. The summed E-state index contributed by atoms with van der Waals surface area (Å²) >= 11 is 0. The van der Waals surface area contributed by atoms with Gasteiger partial charge < -0.3 is 14.8 Å². The largest absolute Gasteiger partial charge is 0.497 e. The van der Waals surface area contributed by atoms with E-state index in [9.17, 15) is 18.4 Å². The minimum atomic E-state index is -0.786. The minimum absolute atomic E-state index is 0.0346. The van der Waals surface area contributed by atoms with Crippen LogP contribution in [0.5, 0.6) is 5.75 Å². The van der Waals surface area contributed by atoms with Crippen LogP contribution in [-0.2, 0) is 14.3 Å². The maximum Gasteiger partial charge on any atom is 0.306 e. The molecule has 1 unspecified atom stereocenters. The summed E-state index contributed by atoms with van der Waals surface area (Å²) in [6.07, 6.45) is -0.124. The Bertz CT molecular complexity index is 647. The summed E-state index contributed by atoms with van der Waals surface area (Å²) in [6.45, 7) is 5.39. The lowest BCUT2D eigenvalue weighted by Gasteiger charge is -2.32. The number of hydrogen-bond acceptors (Lipinski definition) is 4. The van der Waals surface area contributed by atoms with Gasteiger partial charge >= 0.3 is 5.97 Å². The van der Waals surface area contributed by atoms with Crippen LogP contribution in [0.25, 0.3) is 0 Å². The summed E-state index contributed by atoms with van der Waals surface area (Å²) < 4.78 is 39.0. The van der Waals surface area contributed by atoms with Crippen molar-refractivity contribution < 1.29 is 27.8 Å². The second-order valence-corrected chi connectivity index (χ2v) is 7.17. The molecular weight excluding hydrogens is 332 g/mol. The van der Waals surface area contributed by atoms with E-state index in [1.165, 1.54) is 7.11 Å². The molecule has 138 valence electrons. The zero-order chi connectivity index (χ0) is 18.8. The molecule has 0 spiro atoms. The Morgan fingerprint density at radius 2 is 1.88 bits per heavy atom. The van der Waals surface area contributed by atoms with Gasteiger partial charge in [-0.2, -0.15) is 0 Å². The van der Waals surface area contributed by atoms with Gasteiger partial charge in [-0.3, -0.25) is 9.59 Å². The Morgan fingerprint density at radius 1 is 1.28 bits per heavy atom. The molecule has 1 aliphatic rings. The van der Waals surface area contributed by atoms with Crippen LogP contribution in [0.2, 0.25) is 0 Å². The van der Waals surface area contributed by atoms with Crippen LogP contribution in [0.15, 0.2) is 12.1 Å². The first-order valence-electron chi connectivity index (χ1n) is 8.12. The monoisotopic (exact) mass is 355 g/mol. The summed E-state index contributed by atoms with van der Waals surface area (Å²) in [5, 5.41) is 2.65. The van der Waals surface area contributed by atoms with Crippen molar-refractivity contribution in [2.75, 3.05) is 13.7 Å². The van der Waals surface area contributed by atoms with Crippen LogP contribution in [0.3, 0.4) is 0 Å². The van der Waals surface area contributed by atoms with E-state index < -0.39 is 35.0 Å². The Morgan fingerprint density at radius 3 is 2.40 bits per heavy atom. The molecule has 25 heavy (non-hydrogen) atoms. The van der Waals surface area contributed by atoms with E-state index in [4.69, 9.17) is 9.47 Å². The van der Waals surface area contributed by atoms with Gasteiger partial charge in [0.05, 0.1) is 13.5 Å². The van der Waals surface area contributed by atoms with E-state index in [0.29, 0.717) is 0 Å². The molecule has 1 saturated heterocycles. The van der Waals surface area contributed by atoms with Crippen LogP contribution in [0.4, 0.5) is 8.78 Å². The van der Waals surface area contributed by atoms with Gasteiger partial charge in [-0.1, -0.05) is 0 Å². The van der Waals surface area contributed by atoms with Crippen LogP contribution in [-0.4, -0.2) is 31.1 Å². The Kier molecular flexibility index (Phi) is 5.65. The Hall–Kier alpha value is -2.18. The first-order chi connectivity index (χ1) is 11.6. The second-order valence-electron chi connectivity index (χ2n) is 7.17. The summed E-state index contributed by atoms with van der Waals surface area (Å²) in [6, 6.07) is 2.16. The number of carbonyl (C=O) groups is 2. The first kappa shape index (κ1) is 19.1. The third-order valence-electron chi connectivity index (χ3n) is 4.04. The zero-order valence-electron chi connectivity index (χ0n) is 14.8. The Labute approximate surface area is 145 Å². The fourth-order valence-electron chi connectivity index (χ4n) is 3.01. The third-order valence-corrected chi connectivity index (χ3v) is 4.04. The molecule has 1 heterocycles. The summed E-state index contributed by atoms with van der Waals surface area (Å²) in [4.78, 5) is 23.9. The number of piperidine rings is 1. The van der Waals surface area contributed by atoms with Gasteiger partial charge in [-0.05, 0) is 26.7 Å². The van der Waals surface area contributed by atoms with Crippen molar-refractivity contribution in [2.45, 2.75) is 45.1 Å². The topological polar surface area (TPSA) is 64.6 Å². The van der Waals surface area contributed by atoms with Gasteiger partial charge in [-0.25, -0.2) is 8.78 Å².